The van der Waals surface area contributed by atoms with Gasteiger partial charge in [0.25, 0.3) is 5.69 Å². The summed E-state index contributed by atoms with van der Waals surface area (Å²) in [7, 11) is 0. The molecule has 4 aromatic rings. The number of nitrogens with zero attached hydrogens (tertiary/aromatic N) is 4. The zero-order chi connectivity index (χ0) is 25.1. The van der Waals surface area contributed by atoms with Gasteiger partial charge >= 0.3 is 0 Å². The van der Waals surface area contributed by atoms with Gasteiger partial charge in [-0.05, 0) is 61.4 Å². The van der Waals surface area contributed by atoms with Crippen LogP contribution in [0.5, 0.6) is 0 Å². The number of hydrogen-bond acceptors (Lipinski definition) is 5. The molecule has 1 saturated carbocycles. The van der Waals surface area contributed by atoms with Crippen LogP contribution in [0.4, 0.5) is 20.2 Å². The second-order valence-electron chi connectivity index (χ2n) is 8.58. The standard InChI is InChI=1S/C27H22F2N4O2S/c28-21-10-15-25(24(29)16-21)30-27-32(26(17-36-27)20-8-13-23(14-9-20)33(34)35)31-22-11-6-19(7-12-22)18-4-2-1-3-5-18/h1-5,8-10,13-17,19H,6-7,11-12H2. The molecular formula is C27H22F2N4O2S. The van der Waals surface area contributed by atoms with E-state index in [1.54, 1.807) is 16.8 Å². The SMILES string of the molecule is O=[N+]([O-])c1ccc(-c2csc(=Nc3ccc(F)cc3F)n2N=C2CCC(c3ccccc3)CC2)cc1. The van der Waals surface area contributed by atoms with Crippen molar-refractivity contribution >= 4 is 28.4 Å². The summed E-state index contributed by atoms with van der Waals surface area (Å²) in [5, 5.41) is 17.8. The number of non-ortho nitro benzene ring substituents is 1. The molecule has 0 aliphatic heterocycles. The van der Waals surface area contributed by atoms with E-state index in [-0.39, 0.29) is 11.4 Å². The molecule has 36 heavy (non-hydrogen) atoms. The Morgan fingerprint density at radius 2 is 1.69 bits per heavy atom. The number of nitro groups is 1. The Balaban J connectivity index is 1.53. The Hall–Kier alpha value is -3.98. The largest absolute Gasteiger partial charge is 0.269 e. The van der Waals surface area contributed by atoms with Gasteiger partial charge in [0, 0.05) is 34.9 Å². The quantitative estimate of drug-likeness (QED) is 0.213. The van der Waals surface area contributed by atoms with Gasteiger partial charge in [-0.1, -0.05) is 30.3 Å². The third-order valence-corrected chi connectivity index (χ3v) is 7.08. The van der Waals surface area contributed by atoms with Crippen molar-refractivity contribution in [3.8, 4) is 11.3 Å². The monoisotopic (exact) mass is 504 g/mol. The third kappa shape index (κ3) is 5.16. The van der Waals surface area contributed by atoms with E-state index < -0.39 is 16.6 Å². The van der Waals surface area contributed by atoms with Gasteiger partial charge in [0.1, 0.15) is 11.5 Å². The van der Waals surface area contributed by atoms with E-state index in [9.17, 15) is 18.9 Å². The van der Waals surface area contributed by atoms with Crippen molar-refractivity contribution in [2.24, 2.45) is 10.1 Å². The highest BCUT2D eigenvalue weighted by atomic mass is 32.1. The van der Waals surface area contributed by atoms with Crippen LogP contribution in [0, 0.1) is 21.7 Å². The topological polar surface area (TPSA) is 72.8 Å². The number of nitro benzene ring substituents is 1. The lowest BCUT2D eigenvalue weighted by atomic mass is 9.83. The molecule has 0 radical (unpaired) electrons. The normalized spacial score (nSPS) is 16.2. The molecule has 1 fully saturated rings. The highest BCUT2D eigenvalue weighted by Gasteiger charge is 2.20. The van der Waals surface area contributed by atoms with E-state index >= 15 is 0 Å². The minimum atomic E-state index is -0.761. The molecule has 0 unspecified atom stereocenters. The van der Waals surface area contributed by atoms with E-state index in [1.165, 1.54) is 35.1 Å². The van der Waals surface area contributed by atoms with Gasteiger partial charge in [0.05, 0.1) is 10.6 Å². The summed E-state index contributed by atoms with van der Waals surface area (Å²) < 4.78 is 29.4. The average molecular weight is 505 g/mol. The lowest BCUT2D eigenvalue weighted by molar-refractivity contribution is -0.384. The number of thiazole rings is 1. The summed E-state index contributed by atoms with van der Waals surface area (Å²) in [6, 6.07) is 19.9. The first-order chi connectivity index (χ1) is 17.5. The number of hydrogen-bond donors (Lipinski definition) is 0. The molecule has 1 aromatic heterocycles. The summed E-state index contributed by atoms with van der Waals surface area (Å²) in [5.41, 5.74) is 3.74. The van der Waals surface area contributed by atoms with E-state index in [0.717, 1.165) is 49.1 Å². The Labute approximate surface area is 210 Å². The van der Waals surface area contributed by atoms with Crippen LogP contribution in [0.25, 0.3) is 11.3 Å². The molecule has 3 aromatic carbocycles. The number of benzene rings is 3. The Bertz CT molecular complexity index is 1480. The first-order valence-electron chi connectivity index (χ1n) is 11.5. The molecule has 1 aliphatic carbocycles. The molecular weight excluding hydrogens is 482 g/mol. The predicted molar refractivity (Wildman–Crippen MR) is 136 cm³/mol. The lowest BCUT2D eigenvalue weighted by Crippen LogP contribution is -2.18. The summed E-state index contributed by atoms with van der Waals surface area (Å²) in [5.74, 6) is -0.959. The van der Waals surface area contributed by atoms with Crippen molar-refractivity contribution in [1.82, 2.24) is 4.68 Å². The van der Waals surface area contributed by atoms with E-state index in [0.29, 0.717) is 16.4 Å². The molecule has 182 valence electrons. The molecule has 0 saturated heterocycles. The minimum absolute atomic E-state index is 0.00948. The van der Waals surface area contributed by atoms with Crippen molar-refractivity contribution in [1.29, 1.82) is 0 Å². The molecule has 0 bridgehead atoms. The van der Waals surface area contributed by atoms with Crippen LogP contribution in [0.2, 0.25) is 0 Å². The van der Waals surface area contributed by atoms with Gasteiger partial charge in [0.15, 0.2) is 5.82 Å². The van der Waals surface area contributed by atoms with E-state index in [2.05, 4.69) is 29.3 Å². The lowest BCUT2D eigenvalue weighted by Gasteiger charge is -2.23. The fourth-order valence-electron chi connectivity index (χ4n) is 4.35. The molecule has 0 amide bonds. The zero-order valence-electron chi connectivity index (χ0n) is 19.2. The Morgan fingerprint density at radius 3 is 2.36 bits per heavy atom. The second-order valence-corrected chi connectivity index (χ2v) is 9.41. The Morgan fingerprint density at radius 1 is 0.972 bits per heavy atom. The number of rotatable bonds is 5. The van der Waals surface area contributed by atoms with Crippen molar-refractivity contribution in [2.75, 3.05) is 0 Å². The average Bonchev–Trinajstić information content (AvgIpc) is 3.28. The van der Waals surface area contributed by atoms with Crippen LogP contribution in [-0.2, 0) is 0 Å². The second kappa shape index (κ2) is 10.3. The fraction of sp³-hybridized carbons (Fsp3) is 0.185. The van der Waals surface area contributed by atoms with Crippen molar-refractivity contribution < 1.29 is 13.7 Å². The van der Waals surface area contributed by atoms with E-state index in [4.69, 9.17) is 5.10 Å². The van der Waals surface area contributed by atoms with Crippen LogP contribution in [0.1, 0.15) is 37.2 Å². The van der Waals surface area contributed by atoms with Crippen LogP contribution in [-0.4, -0.2) is 15.3 Å². The van der Waals surface area contributed by atoms with Gasteiger partial charge in [-0.2, -0.15) is 5.10 Å². The molecule has 0 spiro atoms. The van der Waals surface area contributed by atoms with Crippen LogP contribution in [0.15, 0.2) is 88.3 Å². The van der Waals surface area contributed by atoms with Crippen LogP contribution >= 0.6 is 11.3 Å². The molecule has 0 atom stereocenters. The molecule has 1 heterocycles. The highest BCUT2D eigenvalue weighted by molar-refractivity contribution is 7.07. The molecule has 0 N–H and O–H groups in total. The third-order valence-electron chi connectivity index (χ3n) is 6.26. The van der Waals surface area contributed by atoms with Crippen LogP contribution in [0.3, 0.4) is 0 Å². The van der Waals surface area contributed by atoms with Crippen molar-refractivity contribution in [2.45, 2.75) is 31.6 Å². The summed E-state index contributed by atoms with van der Waals surface area (Å²) in [6.45, 7) is 0. The summed E-state index contributed by atoms with van der Waals surface area (Å²) in [4.78, 5) is 15.5. The first kappa shape index (κ1) is 23.7. The molecule has 9 heteroatoms. The predicted octanol–water partition coefficient (Wildman–Crippen LogP) is 7.20. The molecule has 1 aliphatic rings. The maximum Gasteiger partial charge on any atom is 0.269 e. The van der Waals surface area contributed by atoms with Gasteiger partial charge in [-0.25, -0.2) is 18.4 Å². The molecule has 5 rings (SSSR count). The number of halogens is 2. The van der Waals surface area contributed by atoms with Gasteiger partial charge in [0.2, 0.25) is 4.80 Å². The maximum atomic E-state index is 14.3. The zero-order valence-corrected chi connectivity index (χ0v) is 20.0. The van der Waals surface area contributed by atoms with Gasteiger partial charge in [-0.15, -0.1) is 11.3 Å². The minimum Gasteiger partial charge on any atom is -0.258 e. The first-order valence-corrected chi connectivity index (χ1v) is 12.4. The fourth-order valence-corrected chi connectivity index (χ4v) is 5.19. The van der Waals surface area contributed by atoms with Gasteiger partial charge in [-0.3, -0.25) is 10.1 Å². The van der Waals surface area contributed by atoms with Crippen molar-refractivity contribution in [3.63, 3.8) is 0 Å². The number of aromatic nitrogens is 1. The summed E-state index contributed by atoms with van der Waals surface area (Å²) >= 11 is 1.27. The van der Waals surface area contributed by atoms with E-state index in [1.807, 2.05) is 11.4 Å². The Kier molecular flexibility index (Phi) is 6.81. The van der Waals surface area contributed by atoms with Crippen LogP contribution < -0.4 is 4.80 Å². The maximum absolute atomic E-state index is 14.3. The van der Waals surface area contributed by atoms with Gasteiger partial charge < -0.3 is 0 Å². The molecule has 6 nitrogen and oxygen atoms in total. The summed E-state index contributed by atoms with van der Waals surface area (Å²) in [6.07, 6.45) is 3.57. The smallest absolute Gasteiger partial charge is 0.258 e. The highest BCUT2D eigenvalue weighted by Crippen LogP contribution is 2.32. The van der Waals surface area contributed by atoms with Crippen molar-refractivity contribution in [3.05, 3.63) is 110 Å².